The predicted octanol–water partition coefficient (Wildman–Crippen LogP) is 5.70. The Morgan fingerprint density at radius 1 is 0.914 bits per heavy atom. The van der Waals surface area contributed by atoms with Crippen LogP contribution in [0.25, 0.3) is 0 Å². The number of hydrogen-bond acceptors (Lipinski definition) is 5. The number of allylic oxidation sites excluding steroid dienone is 2. The van der Waals surface area contributed by atoms with Gasteiger partial charge in [0, 0.05) is 36.1 Å². The highest BCUT2D eigenvalue weighted by Crippen LogP contribution is 2.45. The van der Waals surface area contributed by atoms with Gasteiger partial charge in [0.05, 0.1) is 4.92 Å². The van der Waals surface area contributed by atoms with Crippen molar-refractivity contribution in [2.45, 2.75) is 38.2 Å². The molecule has 1 heterocycles. The van der Waals surface area contributed by atoms with Gasteiger partial charge in [0.1, 0.15) is 18.0 Å². The standard InChI is InChI=1S/C28H24N2O5/c31-26-12-6-11-25-28(26)22(17-27(32)29(25)23-9-4-5-10-24(23)30(33)34)20-13-15-21(16-14-20)35-18-19-7-2-1-3-8-19/h1-5,7-10,13-16,22H,6,11-12,17-18H2. The van der Waals surface area contributed by atoms with Gasteiger partial charge in [0.15, 0.2) is 5.78 Å². The smallest absolute Gasteiger partial charge is 0.293 e. The maximum Gasteiger partial charge on any atom is 0.293 e. The number of hydrogen-bond donors (Lipinski definition) is 0. The van der Waals surface area contributed by atoms with Crippen LogP contribution in [-0.4, -0.2) is 16.6 Å². The number of amides is 1. The first-order valence-electron chi connectivity index (χ1n) is 11.6. The molecule has 0 spiro atoms. The van der Waals surface area contributed by atoms with Crippen molar-refractivity contribution >= 4 is 23.1 Å². The van der Waals surface area contributed by atoms with Crippen molar-refractivity contribution in [3.8, 4) is 5.75 Å². The minimum absolute atomic E-state index is 0.00302. The number of carbonyl (C=O) groups excluding carboxylic acids is 2. The van der Waals surface area contributed by atoms with Crippen LogP contribution in [0.5, 0.6) is 5.75 Å². The van der Waals surface area contributed by atoms with Gasteiger partial charge in [-0.2, -0.15) is 0 Å². The molecule has 35 heavy (non-hydrogen) atoms. The van der Waals surface area contributed by atoms with E-state index < -0.39 is 4.92 Å². The van der Waals surface area contributed by atoms with Crippen molar-refractivity contribution in [2.75, 3.05) is 4.90 Å². The third-order valence-electron chi connectivity index (χ3n) is 6.53. The van der Waals surface area contributed by atoms with Gasteiger partial charge in [-0.25, -0.2) is 0 Å². The first kappa shape index (κ1) is 22.5. The number of Topliss-reactive ketones (excluding diaryl/α,β-unsaturated/α-hetero) is 1. The molecule has 176 valence electrons. The summed E-state index contributed by atoms with van der Waals surface area (Å²) in [4.78, 5) is 39.0. The maximum atomic E-state index is 13.4. The summed E-state index contributed by atoms with van der Waals surface area (Å²) in [7, 11) is 0. The predicted molar refractivity (Wildman–Crippen MR) is 131 cm³/mol. The molecule has 0 radical (unpaired) electrons. The van der Waals surface area contributed by atoms with Crippen LogP contribution >= 0.6 is 0 Å². The van der Waals surface area contributed by atoms with Gasteiger partial charge >= 0.3 is 0 Å². The van der Waals surface area contributed by atoms with Crippen molar-refractivity contribution in [3.63, 3.8) is 0 Å². The van der Waals surface area contributed by atoms with Crippen LogP contribution < -0.4 is 9.64 Å². The fraction of sp³-hybridized carbons (Fsp3) is 0.214. The van der Waals surface area contributed by atoms with E-state index in [9.17, 15) is 19.7 Å². The van der Waals surface area contributed by atoms with Crippen molar-refractivity contribution in [1.82, 2.24) is 0 Å². The molecule has 3 aromatic rings. The Hall–Kier alpha value is -4.26. The summed E-state index contributed by atoms with van der Waals surface area (Å²) in [5, 5.41) is 11.6. The Bertz CT molecular complexity index is 1310. The van der Waals surface area contributed by atoms with E-state index >= 15 is 0 Å². The number of ether oxygens (including phenoxy) is 1. The zero-order valence-corrected chi connectivity index (χ0v) is 19.1. The normalized spacial score (nSPS) is 17.8. The molecule has 0 saturated carbocycles. The third-order valence-corrected chi connectivity index (χ3v) is 6.53. The molecule has 7 nitrogen and oxygen atoms in total. The second kappa shape index (κ2) is 9.54. The van der Waals surface area contributed by atoms with E-state index in [1.54, 1.807) is 18.2 Å². The van der Waals surface area contributed by atoms with Gasteiger partial charge in [-0.1, -0.05) is 54.6 Å². The number of nitrogens with zero attached hydrogens (tertiary/aromatic N) is 2. The highest BCUT2D eigenvalue weighted by molar-refractivity contribution is 6.08. The molecule has 0 saturated heterocycles. The van der Waals surface area contributed by atoms with E-state index in [2.05, 4.69) is 0 Å². The molecule has 0 bridgehead atoms. The SMILES string of the molecule is O=C1CCCC2=C1C(c1ccc(OCc3ccccc3)cc1)CC(=O)N2c1ccccc1[N+](=O)[O-]. The molecule has 1 amide bonds. The van der Waals surface area contributed by atoms with Crippen LogP contribution in [-0.2, 0) is 16.2 Å². The van der Waals surface area contributed by atoms with E-state index in [1.807, 2.05) is 54.6 Å². The molecule has 1 aliphatic heterocycles. The van der Waals surface area contributed by atoms with Crippen LogP contribution in [0.4, 0.5) is 11.4 Å². The molecular weight excluding hydrogens is 444 g/mol. The number of ketones is 1. The van der Waals surface area contributed by atoms with Gasteiger partial charge in [-0.15, -0.1) is 0 Å². The monoisotopic (exact) mass is 468 g/mol. The number of nitro benzene ring substituents is 1. The van der Waals surface area contributed by atoms with Gasteiger partial charge < -0.3 is 4.74 Å². The van der Waals surface area contributed by atoms with E-state index in [-0.39, 0.29) is 35.4 Å². The fourth-order valence-corrected chi connectivity index (χ4v) is 4.90. The van der Waals surface area contributed by atoms with Gasteiger partial charge in [0.25, 0.3) is 5.69 Å². The molecule has 0 N–H and O–H groups in total. The maximum absolute atomic E-state index is 13.4. The molecule has 5 rings (SSSR count). The molecule has 3 aromatic carbocycles. The Labute approximate surface area is 202 Å². The zero-order chi connectivity index (χ0) is 24.4. The fourth-order valence-electron chi connectivity index (χ4n) is 4.90. The second-order valence-corrected chi connectivity index (χ2v) is 8.71. The lowest BCUT2D eigenvalue weighted by Gasteiger charge is -2.38. The lowest BCUT2D eigenvalue weighted by Crippen LogP contribution is -2.40. The molecule has 7 heteroatoms. The van der Waals surface area contributed by atoms with Gasteiger partial charge in [0.2, 0.25) is 5.91 Å². The average molecular weight is 469 g/mol. The molecule has 1 aliphatic carbocycles. The van der Waals surface area contributed by atoms with E-state index in [4.69, 9.17) is 4.74 Å². The first-order chi connectivity index (χ1) is 17.0. The zero-order valence-electron chi connectivity index (χ0n) is 19.1. The number of para-hydroxylation sites is 2. The van der Waals surface area contributed by atoms with Crippen molar-refractivity contribution in [3.05, 3.63) is 111 Å². The summed E-state index contributed by atoms with van der Waals surface area (Å²) < 4.78 is 5.88. The van der Waals surface area contributed by atoms with Crippen molar-refractivity contribution in [1.29, 1.82) is 0 Å². The van der Waals surface area contributed by atoms with Crippen LogP contribution in [0.3, 0.4) is 0 Å². The quantitative estimate of drug-likeness (QED) is 0.342. The van der Waals surface area contributed by atoms with Crippen LogP contribution in [0, 0.1) is 10.1 Å². The number of carbonyl (C=O) groups is 2. The number of rotatable bonds is 6. The van der Waals surface area contributed by atoms with E-state index in [0.717, 1.165) is 11.1 Å². The van der Waals surface area contributed by atoms with E-state index in [0.29, 0.717) is 42.9 Å². The first-order valence-corrected chi connectivity index (χ1v) is 11.6. The largest absolute Gasteiger partial charge is 0.489 e. The summed E-state index contributed by atoms with van der Waals surface area (Å²) >= 11 is 0. The molecule has 0 aromatic heterocycles. The van der Waals surface area contributed by atoms with Gasteiger partial charge in [-0.3, -0.25) is 24.6 Å². The molecule has 1 atom stereocenters. The summed E-state index contributed by atoms with van der Waals surface area (Å²) in [6.45, 7) is 0.445. The topological polar surface area (TPSA) is 89.8 Å². The summed E-state index contributed by atoms with van der Waals surface area (Å²) in [5.41, 5.74) is 3.16. The lowest BCUT2D eigenvalue weighted by molar-refractivity contribution is -0.384. The Balaban J connectivity index is 1.47. The summed E-state index contributed by atoms with van der Waals surface area (Å²) in [6.07, 6.45) is 1.61. The minimum atomic E-state index is -0.492. The van der Waals surface area contributed by atoms with Crippen LogP contribution in [0.15, 0.2) is 90.1 Å². The number of anilines is 1. The van der Waals surface area contributed by atoms with Crippen LogP contribution in [0.2, 0.25) is 0 Å². The Morgan fingerprint density at radius 2 is 1.63 bits per heavy atom. The highest BCUT2D eigenvalue weighted by Gasteiger charge is 2.41. The molecule has 2 aliphatic rings. The van der Waals surface area contributed by atoms with Crippen molar-refractivity contribution in [2.24, 2.45) is 0 Å². The van der Waals surface area contributed by atoms with E-state index in [1.165, 1.54) is 11.0 Å². The summed E-state index contributed by atoms with van der Waals surface area (Å²) in [5.74, 6) is 0.0665. The van der Waals surface area contributed by atoms with Crippen LogP contribution in [0.1, 0.15) is 42.7 Å². The Morgan fingerprint density at radius 3 is 2.37 bits per heavy atom. The highest BCUT2D eigenvalue weighted by atomic mass is 16.6. The van der Waals surface area contributed by atoms with Gasteiger partial charge in [-0.05, 0) is 42.2 Å². The number of benzene rings is 3. The Kier molecular flexibility index (Phi) is 6.14. The molecular formula is C28H24N2O5. The minimum Gasteiger partial charge on any atom is -0.489 e. The molecule has 0 fully saturated rings. The average Bonchev–Trinajstić information content (AvgIpc) is 2.88. The third kappa shape index (κ3) is 4.45. The molecule has 1 unspecified atom stereocenters. The summed E-state index contributed by atoms with van der Waals surface area (Å²) in [6, 6.07) is 23.5. The lowest BCUT2D eigenvalue weighted by atomic mass is 9.77. The van der Waals surface area contributed by atoms with Crippen molar-refractivity contribution < 1.29 is 19.2 Å². The second-order valence-electron chi connectivity index (χ2n) is 8.71. The number of nitro groups is 1.